The zero-order valence-corrected chi connectivity index (χ0v) is 15.4. The van der Waals surface area contributed by atoms with Crippen LogP contribution in [-0.2, 0) is 20.7 Å². The molecule has 2 aromatic carbocycles. The number of carbonyl (C=O) groups is 2. The van der Waals surface area contributed by atoms with Crippen molar-refractivity contribution in [3.8, 4) is 11.5 Å². The first-order valence-corrected chi connectivity index (χ1v) is 8.19. The Hall–Kier alpha value is -3.02. The normalized spacial score (nSPS) is 11.4. The molecule has 6 nitrogen and oxygen atoms in total. The summed E-state index contributed by atoms with van der Waals surface area (Å²) in [4.78, 5) is 26.1. The molecular weight excluding hydrogens is 334 g/mol. The van der Waals surface area contributed by atoms with E-state index in [1.165, 1.54) is 12.0 Å². The first-order chi connectivity index (χ1) is 12.5. The summed E-state index contributed by atoms with van der Waals surface area (Å²) < 4.78 is 15.7. The highest BCUT2D eigenvalue weighted by atomic mass is 16.5. The van der Waals surface area contributed by atoms with Gasteiger partial charge in [-0.15, -0.1) is 0 Å². The Bertz CT molecular complexity index is 760. The van der Waals surface area contributed by atoms with E-state index in [4.69, 9.17) is 14.2 Å². The van der Waals surface area contributed by atoms with Crippen LogP contribution >= 0.6 is 0 Å². The van der Waals surface area contributed by atoms with Gasteiger partial charge in [0.1, 0.15) is 0 Å². The zero-order valence-electron chi connectivity index (χ0n) is 15.4. The molecule has 0 unspecified atom stereocenters. The second kappa shape index (κ2) is 8.89. The lowest BCUT2D eigenvalue weighted by Crippen LogP contribution is -2.37. The molecule has 0 spiro atoms. The van der Waals surface area contributed by atoms with E-state index in [2.05, 4.69) is 0 Å². The lowest BCUT2D eigenvalue weighted by atomic mass is 10.1. The number of hydrogen-bond donors (Lipinski definition) is 0. The van der Waals surface area contributed by atoms with Crippen molar-refractivity contribution in [2.45, 2.75) is 19.4 Å². The van der Waals surface area contributed by atoms with Gasteiger partial charge >= 0.3 is 5.97 Å². The topological polar surface area (TPSA) is 65.1 Å². The van der Waals surface area contributed by atoms with Crippen molar-refractivity contribution in [3.63, 3.8) is 0 Å². The maximum atomic E-state index is 12.4. The Balaban J connectivity index is 1.97. The van der Waals surface area contributed by atoms with Crippen molar-refractivity contribution in [1.82, 2.24) is 0 Å². The van der Waals surface area contributed by atoms with E-state index in [1.54, 1.807) is 39.3 Å². The number of nitrogens with zero attached hydrogens (tertiary/aromatic N) is 1. The number of amides is 1. The van der Waals surface area contributed by atoms with Crippen LogP contribution in [-0.4, -0.2) is 39.2 Å². The fraction of sp³-hybridized carbons (Fsp3) is 0.300. The molecular formula is C20H23NO5. The van der Waals surface area contributed by atoms with Crippen LogP contribution in [0.1, 0.15) is 12.5 Å². The van der Waals surface area contributed by atoms with Gasteiger partial charge in [0.2, 0.25) is 0 Å². The minimum atomic E-state index is -0.882. The summed E-state index contributed by atoms with van der Waals surface area (Å²) in [5.74, 6) is 0.333. The Kier molecular flexibility index (Phi) is 6.60. The molecule has 0 radical (unpaired) electrons. The molecule has 26 heavy (non-hydrogen) atoms. The summed E-state index contributed by atoms with van der Waals surface area (Å²) in [6.45, 7) is 1.56. The first kappa shape index (κ1) is 19.3. The van der Waals surface area contributed by atoms with Gasteiger partial charge in [-0.25, -0.2) is 0 Å². The molecule has 0 aliphatic heterocycles. The predicted molar refractivity (Wildman–Crippen MR) is 98.7 cm³/mol. The maximum Gasteiger partial charge on any atom is 0.311 e. The number of esters is 1. The van der Waals surface area contributed by atoms with Gasteiger partial charge in [-0.05, 0) is 36.8 Å². The van der Waals surface area contributed by atoms with Crippen molar-refractivity contribution in [2.75, 3.05) is 26.2 Å². The number of anilines is 1. The average Bonchev–Trinajstić information content (AvgIpc) is 2.67. The van der Waals surface area contributed by atoms with Crippen molar-refractivity contribution in [1.29, 1.82) is 0 Å². The van der Waals surface area contributed by atoms with E-state index in [0.29, 0.717) is 17.1 Å². The summed E-state index contributed by atoms with van der Waals surface area (Å²) in [6.07, 6.45) is -0.847. The smallest absolute Gasteiger partial charge is 0.311 e. The Morgan fingerprint density at radius 2 is 1.65 bits per heavy atom. The third kappa shape index (κ3) is 4.75. The lowest BCUT2D eigenvalue weighted by Gasteiger charge is -2.21. The number of hydrogen-bond acceptors (Lipinski definition) is 5. The summed E-state index contributed by atoms with van der Waals surface area (Å²) in [5.41, 5.74) is 1.45. The molecule has 2 aromatic rings. The average molecular weight is 357 g/mol. The van der Waals surface area contributed by atoms with Crippen molar-refractivity contribution < 1.29 is 23.8 Å². The van der Waals surface area contributed by atoms with Gasteiger partial charge < -0.3 is 19.1 Å². The number of carbonyl (C=O) groups excluding carboxylic acids is 2. The number of methoxy groups -OCH3 is 2. The Morgan fingerprint density at radius 1 is 1.00 bits per heavy atom. The quantitative estimate of drug-likeness (QED) is 0.713. The number of rotatable bonds is 7. The van der Waals surface area contributed by atoms with Crippen LogP contribution in [0, 0.1) is 0 Å². The first-order valence-electron chi connectivity index (χ1n) is 8.19. The molecule has 0 aromatic heterocycles. The third-order valence-corrected chi connectivity index (χ3v) is 3.93. The molecule has 0 saturated carbocycles. The minimum absolute atomic E-state index is 0.0347. The van der Waals surface area contributed by atoms with Gasteiger partial charge in [-0.2, -0.15) is 0 Å². The van der Waals surface area contributed by atoms with Gasteiger partial charge in [-0.1, -0.05) is 24.3 Å². The summed E-state index contributed by atoms with van der Waals surface area (Å²) >= 11 is 0. The van der Waals surface area contributed by atoms with Gasteiger partial charge in [0.05, 0.1) is 20.6 Å². The van der Waals surface area contributed by atoms with Crippen LogP contribution in [0.25, 0.3) is 0 Å². The van der Waals surface area contributed by atoms with Gasteiger partial charge in [-0.3, -0.25) is 9.59 Å². The standard InChI is InChI=1S/C20H23NO5/c1-14(20(23)21(2)16-8-6-5-7-9-16)26-19(22)13-15-10-11-17(24-3)18(12-15)25-4/h5-12,14H,13H2,1-4H3/t14-/m0/s1. The molecule has 0 aliphatic rings. The van der Waals surface area contributed by atoms with Gasteiger partial charge in [0, 0.05) is 12.7 Å². The number of para-hydroxylation sites is 1. The van der Waals surface area contributed by atoms with E-state index in [1.807, 2.05) is 30.3 Å². The molecule has 138 valence electrons. The molecule has 6 heteroatoms. The number of likely N-dealkylation sites (N-methyl/N-ethyl adjacent to an activating group) is 1. The van der Waals surface area contributed by atoms with E-state index >= 15 is 0 Å². The molecule has 0 saturated heterocycles. The van der Waals surface area contributed by atoms with E-state index in [0.717, 1.165) is 5.69 Å². The monoisotopic (exact) mass is 357 g/mol. The minimum Gasteiger partial charge on any atom is -0.493 e. The van der Waals surface area contributed by atoms with E-state index < -0.39 is 12.1 Å². The van der Waals surface area contributed by atoms with Crippen LogP contribution in [0.5, 0.6) is 11.5 Å². The molecule has 0 aliphatic carbocycles. The molecule has 0 N–H and O–H groups in total. The molecule has 0 bridgehead atoms. The SMILES string of the molecule is COc1ccc(CC(=O)O[C@@H](C)C(=O)N(C)c2ccccc2)cc1OC. The Morgan fingerprint density at radius 3 is 2.27 bits per heavy atom. The highest BCUT2D eigenvalue weighted by molar-refractivity contribution is 5.96. The van der Waals surface area contributed by atoms with E-state index in [-0.39, 0.29) is 12.3 Å². The van der Waals surface area contributed by atoms with Crippen LogP contribution in [0.2, 0.25) is 0 Å². The van der Waals surface area contributed by atoms with Gasteiger partial charge in [0.25, 0.3) is 5.91 Å². The van der Waals surface area contributed by atoms with Crippen LogP contribution < -0.4 is 14.4 Å². The second-order valence-corrected chi connectivity index (χ2v) is 5.73. The Labute approximate surface area is 153 Å². The van der Waals surface area contributed by atoms with Crippen LogP contribution in [0.15, 0.2) is 48.5 Å². The zero-order chi connectivity index (χ0) is 19.1. The molecule has 0 fully saturated rings. The largest absolute Gasteiger partial charge is 0.493 e. The molecule has 1 atom stereocenters. The maximum absolute atomic E-state index is 12.4. The molecule has 2 rings (SSSR count). The van der Waals surface area contributed by atoms with E-state index in [9.17, 15) is 9.59 Å². The fourth-order valence-electron chi connectivity index (χ4n) is 2.50. The van der Waals surface area contributed by atoms with Crippen LogP contribution in [0.3, 0.4) is 0 Å². The van der Waals surface area contributed by atoms with Crippen molar-refractivity contribution in [3.05, 3.63) is 54.1 Å². The highest BCUT2D eigenvalue weighted by Gasteiger charge is 2.22. The molecule has 0 heterocycles. The summed E-state index contributed by atoms with van der Waals surface area (Å²) in [5, 5.41) is 0. The van der Waals surface area contributed by atoms with Crippen molar-refractivity contribution >= 4 is 17.6 Å². The fourth-order valence-corrected chi connectivity index (χ4v) is 2.50. The van der Waals surface area contributed by atoms with Crippen molar-refractivity contribution in [2.24, 2.45) is 0 Å². The lowest BCUT2D eigenvalue weighted by molar-refractivity contribution is -0.153. The van der Waals surface area contributed by atoms with Gasteiger partial charge in [0.15, 0.2) is 17.6 Å². The predicted octanol–water partition coefficient (Wildman–Crippen LogP) is 2.84. The third-order valence-electron chi connectivity index (χ3n) is 3.93. The number of benzene rings is 2. The summed E-state index contributed by atoms with van der Waals surface area (Å²) in [7, 11) is 4.72. The second-order valence-electron chi connectivity index (χ2n) is 5.73. The van der Waals surface area contributed by atoms with Crippen LogP contribution in [0.4, 0.5) is 5.69 Å². The summed E-state index contributed by atoms with van der Waals surface area (Å²) in [6, 6.07) is 14.4. The highest BCUT2D eigenvalue weighted by Crippen LogP contribution is 2.27. The molecule has 1 amide bonds. The number of ether oxygens (including phenoxy) is 3.